The minimum atomic E-state index is -0.0219. The van der Waals surface area contributed by atoms with Crippen molar-refractivity contribution in [3.63, 3.8) is 0 Å². The molecule has 12 rings (SSSR count). The number of hydrogen-bond acceptors (Lipinski definition) is 2. The molecular weight excluding hydrogens is 647 g/mol. The van der Waals surface area contributed by atoms with Gasteiger partial charge in [0.1, 0.15) is 0 Å². The molecule has 0 fully saturated rings. The van der Waals surface area contributed by atoms with E-state index in [1.165, 1.54) is 114 Å². The average Bonchev–Trinajstić information content (AvgIpc) is 3.75. The fourth-order valence-electron chi connectivity index (χ4n) is 9.46. The molecule has 0 atom stereocenters. The van der Waals surface area contributed by atoms with Crippen LogP contribution in [0.4, 0.5) is 11.4 Å². The van der Waals surface area contributed by atoms with Crippen molar-refractivity contribution < 1.29 is 0 Å². The normalized spacial score (nSPS) is 13.1. The van der Waals surface area contributed by atoms with Gasteiger partial charge in [0.15, 0.2) is 0 Å². The van der Waals surface area contributed by atoms with Crippen LogP contribution < -0.4 is 15.7 Å². The number of nitrogens with zero attached hydrogens (tertiary/aromatic N) is 2. The highest BCUT2D eigenvalue weighted by Gasteiger charge is 2.45. The molecule has 0 spiro atoms. The maximum atomic E-state index is 2.69. The van der Waals surface area contributed by atoms with Gasteiger partial charge in [-0.1, -0.05) is 126 Å². The van der Waals surface area contributed by atoms with Gasteiger partial charge in [-0.05, 0) is 88.6 Å². The summed E-state index contributed by atoms with van der Waals surface area (Å²) in [5.41, 5.74) is 16.8. The van der Waals surface area contributed by atoms with Crippen molar-refractivity contribution in [1.82, 2.24) is 4.57 Å². The molecule has 0 saturated heterocycles. The molecule has 4 heterocycles. The monoisotopic (exact) mass is 678 g/mol. The molecule has 10 aromatic rings. The first-order chi connectivity index (χ1) is 25.6. The fourth-order valence-corrected chi connectivity index (χ4v) is 10.7. The second-order valence-electron chi connectivity index (χ2n) is 14.6. The van der Waals surface area contributed by atoms with E-state index >= 15 is 0 Å². The molecule has 0 saturated carbocycles. The Morgan fingerprint density at radius 2 is 1.33 bits per heavy atom. The van der Waals surface area contributed by atoms with Crippen molar-refractivity contribution in [3.05, 3.63) is 163 Å². The third-order valence-corrected chi connectivity index (χ3v) is 12.9. The van der Waals surface area contributed by atoms with Crippen molar-refractivity contribution >= 4 is 93.2 Å². The van der Waals surface area contributed by atoms with Gasteiger partial charge in [0, 0.05) is 43.2 Å². The van der Waals surface area contributed by atoms with E-state index in [2.05, 4.69) is 175 Å². The minimum Gasteiger partial charge on any atom is -0.375 e. The Hall–Kier alpha value is -6.10. The van der Waals surface area contributed by atoms with Crippen molar-refractivity contribution in [2.45, 2.75) is 13.8 Å². The molecule has 0 aliphatic carbocycles. The van der Waals surface area contributed by atoms with Crippen LogP contribution >= 0.6 is 11.3 Å². The molecule has 0 unspecified atom stereocenters. The van der Waals surface area contributed by atoms with E-state index in [1.54, 1.807) is 0 Å². The van der Waals surface area contributed by atoms with Crippen LogP contribution in [0.5, 0.6) is 0 Å². The summed E-state index contributed by atoms with van der Waals surface area (Å²) in [6.45, 7) is 4.40. The Labute approximate surface area is 305 Å². The van der Waals surface area contributed by atoms with Crippen LogP contribution in [0.1, 0.15) is 11.1 Å². The molecule has 0 bridgehead atoms. The molecule has 0 radical (unpaired) electrons. The number of anilines is 2. The van der Waals surface area contributed by atoms with Gasteiger partial charge in [-0.3, -0.25) is 0 Å². The number of aromatic nitrogens is 1. The summed E-state index contributed by atoms with van der Waals surface area (Å²) in [5.74, 6) is 0. The van der Waals surface area contributed by atoms with Gasteiger partial charge in [-0.25, -0.2) is 0 Å². The van der Waals surface area contributed by atoms with Crippen molar-refractivity contribution in [3.8, 4) is 27.9 Å². The van der Waals surface area contributed by atoms with Gasteiger partial charge < -0.3 is 9.38 Å². The molecule has 8 aromatic carbocycles. The van der Waals surface area contributed by atoms with Gasteiger partial charge >= 0.3 is 6.85 Å². The molecular formula is C48H31BN2S. The zero-order chi connectivity index (χ0) is 34.2. The molecule has 0 N–H and O–H groups in total. The Balaban J connectivity index is 1.35. The molecule has 2 nitrogen and oxygen atoms in total. The first kappa shape index (κ1) is 28.6. The number of aryl methyl sites for hydroxylation is 2. The molecule has 2 aromatic heterocycles. The minimum absolute atomic E-state index is 0.0219. The maximum absolute atomic E-state index is 2.69. The van der Waals surface area contributed by atoms with Gasteiger partial charge in [-0.15, -0.1) is 11.3 Å². The standard InChI is InChI=1S/C48H31BN2S/c1-28-16-20-32(21-17-28)51-46-35(22-23-36-34-14-8-9-15-42(34)52-48(36)46)38-27-37(30-10-4-3-5-11-30)44-43-33-13-7-6-12-31(33)19-25-41(43)50-40-24-18-29(2)26-39(40)49(51)45(38)47(44)50/h3-27H,1-2H3. The zero-order valence-corrected chi connectivity index (χ0v) is 29.6. The molecule has 242 valence electrons. The topological polar surface area (TPSA) is 8.17 Å². The van der Waals surface area contributed by atoms with Crippen molar-refractivity contribution in [2.24, 2.45) is 0 Å². The second-order valence-corrected chi connectivity index (χ2v) is 15.7. The Kier molecular flexibility index (Phi) is 5.63. The lowest BCUT2D eigenvalue weighted by atomic mass is 9.43. The highest BCUT2D eigenvalue weighted by molar-refractivity contribution is 7.26. The summed E-state index contributed by atoms with van der Waals surface area (Å²) in [6, 6.07) is 57.2. The number of rotatable bonds is 2. The van der Waals surface area contributed by atoms with Gasteiger partial charge in [0.2, 0.25) is 0 Å². The number of fused-ring (bicyclic) bond motifs is 14. The van der Waals surface area contributed by atoms with Crippen LogP contribution in [-0.2, 0) is 0 Å². The molecule has 0 amide bonds. The van der Waals surface area contributed by atoms with E-state index < -0.39 is 0 Å². The molecule has 52 heavy (non-hydrogen) atoms. The summed E-state index contributed by atoms with van der Waals surface area (Å²) < 4.78 is 5.27. The van der Waals surface area contributed by atoms with Crippen LogP contribution in [0.2, 0.25) is 0 Å². The van der Waals surface area contributed by atoms with Crippen LogP contribution in [0.25, 0.3) is 80.7 Å². The Morgan fingerprint density at radius 1 is 0.558 bits per heavy atom. The lowest BCUT2D eigenvalue weighted by Gasteiger charge is -2.42. The first-order valence-electron chi connectivity index (χ1n) is 18.1. The van der Waals surface area contributed by atoms with E-state index in [4.69, 9.17) is 0 Å². The summed E-state index contributed by atoms with van der Waals surface area (Å²) >= 11 is 1.93. The van der Waals surface area contributed by atoms with E-state index in [0.717, 1.165) is 0 Å². The highest BCUT2D eigenvalue weighted by atomic mass is 32.1. The molecule has 2 aliphatic heterocycles. The van der Waals surface area contributed by atoms with E-state index in [9.17, 15) is 0 Å². The summed E-state index contributed by atoms with van der Waals surface area (Å²) in [7, 11) is 0. The van der Waals surface area contributed by atoms with Gasteiger partial charge in [-0.2, -0.15) is 0 Å². The average molecular weight is 679 g/mol. The van der Waals surface area contributed by atoms with Crippen LogP contribution in [0.3, 0.4) is 0 Å². The second kappa shape index (κ2) is 10.2. The van der Waals surface area contributed by atoms with Crippen LogP contribution in [0, 0.1) is 13.8 Å². The lowest BCUT2D eigenvalue weighted by molar-refractivity contribution is 1.18. The summed E-state index contributed by atoms with van der Waals surface area (Å²) in [4.78, 5) is 2.69. The van der Waals surface area contributed by atoms with E-state index in [-0.39, 0.29) is 6.85 Å². The first-order valence-corrected chi connectivity index (χ1v) is 19.0. The zero-order valence-electron chi connectivity index (χ0n) is 28.8. The Bertz CT molecular complexity index is 3150. The number of benzene rings is 8. The summed E-state index contributed by atoms with van der Waals surface area (Å²) in [6.07, 6.45) is 0. The van der Waals surface area contributed by atoms with Crippen LogP contribution in [-0.4, -0.2) is 11.4 Å². The highest BCUT2D eigenvalue weighted by Crippen LogP contribution is 2.53. The summed E-state index contributed by atoms with van der Waals surface area (Å²) in [5, 5.41) is 7.88. The predicted octanol–water partition coefficient (Wildman–Crippen LogP) is 11.8. The van der Waals surface area contributed by atoms with Gasteiger partial charge in [0.05, 0.1) is 21.4 Å². The maximum Gasteiger partial charge on any atom is 0.333 e. The lowest BCUT2D eigenvalue weighted by Crippen LogP contribution is -2.60. The SMILES string of the molecule is Cc1ccc(N2B3c4cc(C)ccc4-n4c5ccc6ccccc6c5c5c(-c6ccccc6)cc(c3c54)-c3ccc4c(sc5ccccc54)c32)cc1. The largest absolute Gasteiger partial charge is 0.375 e. The fraction of sp³-hybridized carbons (Fsp3) is 0.0417. The predicted molar refractivity (Wildman–Crippen MR) is 225 cm³/mol. The quantitative estimate of drug-likeness (QED) is 0.165. The van der Waals surface area contributed by atoms with Gasteiger partial charge in [0.25, 0.3) is 0 Å². The van der Waals surface area contributed by atoms with Crippen LogP contribution in [0.15, 0.2) is 152 Å². The Morgan fingerprint density at radius 3 is 2.19 bits per heavy atom. The van der Waals surface area contributed by atoms with E-state index in [0.29, 0.717) is 0 Å². The number of thiophene rings is 1. The third kappa shape index (κ3) is 3.65. The molecule has 2 aliphatic rings. The van der Waals surface area contributed by atoms with Crippen molar-refractivity contribution in [1.29, 1.82) is 0 Å². The van der Waals surface area contributed by atoms with Crippen molar-refractivity contribution in [2.75, 3.05) is 4.81 Å². The molecule has 4 heteroatoms. The number of hydrogen-bond donors (Lipinski definition) is 0. The van der Waals surface area contributed by atoms with E-state index in [1.807, 2.05) is 11.3 Å². The smallest absolute Gasteiger partial charge is 0.333 e. The third-order valence-electron chi connectivity index (χ3n) is 11.7.